The number of aryl methyl sites for hydroxylation is 1. The minimum Gasteiger partial charge on any atom is -0.468 e. The van der Waals surface area contributed by atoms with E-state index in [0.29, 0.717) is 12.1 Å². The van der Waals surface area contributed by atoms with Gasteiger partial charge >= 0.3 is 19.3 Å². The molecule has 2 aliphatic heterocycles. The molecule has 1 unspecified atom stereocenters. The van der Waals surface area contributed by atoms with Crippen LogP contribution in [0.25, 0.3) is 12.2 Å². The Bertz CT molecular complexity index is 1440. The molecule has 0 saturated carbocycles. The van der Waals surface area contributed by atoms with Gasteiger partial charge in [-0.25, -0.2) is 8.78 Å². The highest BCUT2D eigenvalue weighted by molar-refractivity contribution is 6.63. The molecule has 0 spiro atoms. The zero-order valence-corrected chi connectivity index (χ0v) is 26.6. The molecule has 2 aliphatic rings. The van der Waals surface area contributed by atoms with Gasteiger partial charge in [0, 0.05) is 12.2 Å². The number of nitrogens with zero attached hydrogens (tertiary/aromatic N) is 1. The van der Waals surface area contributed by atoms with Gasteiger partial charge in [-0.3, -0.25) is 9.59 Å². The maximum absolute atomic E-state index is 14.2. The van der Waals surface area contributed by atoms with Crippen molar-refractivity contribution in [2.24, 2.45) is 0 Å². The topological polar surface area (TPSA) is 86.3 Å². The predicted octanol–water partition coefficient (Wildman–Crippen LogP) is 5.22. The van der Waals surface area contributed by atoms with E-state index in [1.165, 1.54) is 5.56 Å². The molecule has 1 atom stereocenters. The van der Waals surface area contributed by atoms with E-state index < -0.39 is 54.4 Å². The van der Waals surface area contributed by atoms with Crippen LogP contribution in [-0.2, 0) is 23.6 Å². The van der Waals surface area contributed by atoms with Crippen LogP contribution < -0.4 is 15.7 Å². The summed E-state index contributed by atoms with van der Waals surface area (Å²) in [6.45, 7) is 16.6. The largest absolute Gasteiger partial charge is 0.495 e. The number of alkyl halides is 3. The predicted molar refractivity (Wildman–Crippen MR) is 166 cm³/mol. The highest BCUT2D eigenvalue weighted by Crippen LogP contribution is 2.37. The second-order valence-corrected chi connectivity index (χ2v) is 11.7. The molecule has 0 radical (unpaired) electrons. The van der Waals surface area contributed by atoms with E-state index in [2.05, 4.69) is 64.6 Å². The fraction of sp³-hybridized carbons (Fsp3) is 0.438. The number of esters is 1. The third-order valence-corrected chi connectivity index (χ3v) is 8.17. The maximum Gasteiger partial charge on any atom is 0.495 e. The lowest BCUT2D eigenvalue weighted by molar-refractivity contribution is -0.167. The number of halogens is 5. The van der Waals surface area contributed by atoms with Crippen LogP contribution in [0.3, 0.4) is 0 Å². The van der Waals surface area contributed by atoms with Crippen LogP contribution >= 0.6 is 0 Å². The number of benzene rings is 2. The van der Waals surface area contributed by atoms with Gasteiger partial charge < -0.3 is 29.0 Å². The van der Waals surface area contributed by atoms with Crippen molar-refractivity contribution in [2.75, 3.05) is 38.3 Å². The summed E-state index contributed by atoms with van der Waals surface area (Å²) in [7, 11) is 0.691. The summed E-state index contributed by atoms with van der Waals surface area (Å²) >= 11 is 0. The van der Waals surface area contributed by atoms with Crippen molar-refractivity contribution in [3.8, 4) is 0 Å². The summed E-state index contributed by atoms with van der Waals surface area (Å²) in [4.78, 5) is 23.5. The Balaban J connectivity index is 0.000000259. The Labute approximate surface area is 265 Å². The minimum atomic E-state index is -4.66. The van der Waals surface area contributed by atoms with Crippen molar-refractivity contribution in [2.45, 2.75) is 58.0 Å². The SMILES string of the molecule is C=Cc1c(C)ccc(B2OC(C)(C)C(C)(C)O2)c1C=C.COC(=O)CNC(=O)c1c(F)cc(N2CCOCC2C(F)(F)F)cc1F. The van der Waals surface area contributed by atoms with Gasteiger partial charge in [0.25, 0.3) is 5.91 Å². The number of methoxy groups -OCH3 is 1. The van der Waals surface area contributed by atoms with E-state index in [1.807, 2.05) is 17.5 Å². The van der Waals surface area contributed by atoms with Crippen molar-refractivity contribution in [1.29, 1.82) is 0 Å². The first-order valence-electron chi connectivity index (χ1n) is 14.4. The lowest BCUT2D eigenvalue weighted by Crippen LogP contribution is -2.53. The highest BCUT2D eigenvalue weighted by Gasteiger charge is 2.52. The van der Waals surface area contributed by atoms with Crippen LogP contribution in [0.5, 0.6) is 0 Å². The Morgan fingerprint density at radius 2 is 1.63 bits per heavy atom. The van der Waals surface area contributed by atoms with Gasteiger partial charge in [-0.1, -0.05) is 37.4 Å². The Morgan fingerprint density at radius 3 is 2.13 bits per heavy atom. The van der Waals surface area contributed by atoms with Gasteiger partial charge in [0.1, 0.15) is 29.8 Å². The monoisotopic (exact) mass is 652 g/mol. The Hall–Kier alpha value is -3.75. The summed E-state index contributed by atoms with van der Waals surface area (Å²) in [5, 5.41) is 1.96. The van der Waals surface area contributed by atoms with Crippen LogP contribution in [0.1, 0.15) is 54.7 Å². The summed E-state index contributed by atoms with van der Waals surface area (Å²) in [6.07, 6.45) is -0.949. The number of hydrogen-bond acceptors (Lipinski definition) is 7. The molecule has 8 nitrogen and oxygen atoms in total. The summed E-state index contributed by atoms with van der Waals surface area (Å²) < 4.78 is 88.9. The molecule has 4 rings (SSSR count). The molecular weight excluding hydrogens is 614 g/mol. The number of ether oxygens (including phenoxy) is 2. The lowest BCUT2D eigenvalue weighted by Gasteiger charge is -2.38. The molecule has 0 aliphatic carbocycles. The molecule has 0 aromatic heterocycles. The van der Waals surface area contributed by atoms with Gasteiger partial charge in [-0.2, -0.15) is 13.2 Å². The fourth-order valence-electron chi connectivity index (χ4n) is 4.88. The van der Waals surface area contributed by atoms with Gasteiger partial charge in [0.15, 0.2) is 0 Å². The van der Waals surface area contributed by atoms with Crippen molar-refractivity contribution in [3.63, 3.8) is 0 Å². The summed E-state index contributed by atoms with van der Waals surface area (Å²) in [5.74, 6) is -4.77. The second kappa shape index (κ2) is 14.3. The molecule has 2 fully saturated rings. The van der Waals surface area contributed by atoms with Crippen molar-refractivity contribution in [3.05, 3.63) is 71.3 Å². The number of nitrogens with one attached hydrogen (secondary N) is 1. The number of amides is 1. The molecule has 46 heavy (non-hydrogen) atoms. The first-order valence-corrected chi connectivity index (χ1v) is 14.4. The average Bonchev–Trinajstić information content (AvgIpc) is 3.20. The zero-order valence-electron chi connectivity index (χ0n) is 26.6. The Kier molecular flexibility index (Phi) is 11.5. The Morgan fingerprint density at radius 1 is 1.07 bits per heavy atom. The maximum atomic E-state index is 14.2. The molecule has 14 heteroatoms. The first-order chi connectivity index (χ1) is 21.4. The first kappa shape index (κ1) is 36.7. The molecule has 2 heterocycles. The third kappa shape index (κ3) is 7.96. The quantitative estimate of drug-likeness (QED) is 0.250. The van der Waals surface area contributed by atoms with Crippen molar-refractivity contribution >= 4 is 42.3 Å². The highest BCUT2D eigenvalue weighted by atomic mass is 19.4. The van der Waals surface area contributed by atoms with Crippen LogP contribution in [0.4, 0.5) is 27.6 Å². The van der Waals surface area contributed by atoms with Crippen molar-refractivity contribution < 1.29 is 50.3 Å². The fourth-order valence-corrected chi connectivity index (χ4v) is 4.88. The van der Waals surface area contributed by atoms with Crippen LogP contribution in [0, 0.1) is 18.6 Å². The number of hydrogen-bond donors (Lipinski definition) is 1. The molecule has 250 valence electrons. The van der Waals surface area contributed by atoms with E-state index in [4.69, 9.17) is 14.0 Å². The van der Waals surface area contributed by atoms with Crippen LogP contribution in [0.15, 0.2) is 37.4 Å². The van der Waals surface area contributed by atoms with E-state index in [0.717, 1.165) is 28.6 Å². The molecule has 2 aromatic carbocycles. The van der Waals surface area contributed by atoms with E-state index in [9.17, 15) is 31.5 Å². The normalized spacial score (nSPS) is 18.7. The third-order valence-electron chi connectivity index (χ3n) is 8.17. The smallest absolute Gasteiger partial charge is 0.468 e. The van der Waals surface area contributed by atoms with E-state index in [-0.39, 0.29) is 37.2 Å². The summed E-state index contributed by atoms with van der Waals surface area (Å²) in [5.41, 5.74) is 2.27. The summed E-state index contributed by atoms with van der Waals surface area (Å²) in [6, 6.07) is 3.35. The van der Waals surface area contributed by atoms with Gasteiger partial charge in [0.05, 0.1) is 31.5 Å². The molecule has 1 amide bonds. The molecule has 0 bridgehead atoms. The van der Waals surface area contributed by atoms with Gasteiger partial charge in [-0.15, -0.1) is 0 Å². The standard InChI is InChI=1S/C17H23BO2.C15H15F5N2O4/c1-8-13-12(3)10-11-15(14(13)9-2)18-19-16(4,5)17(6,7)20-18;1-25-12(23)6-21-14(24)13-9(16)4-8(5-10(13)17)22-2-3-26-7-11(22)15(18,19)20/h8-11H,1-2H2,3-7H3;4-5,11H,2-3,6-7H2,1H3,(H,21,24). The lowest BCUT2D eigenvalue weighted by atomic mass is 9.74. The number of carbonyl (C=O) groups is 2. The molecular formula is C32H38BF5N2O6. The van der Waals surface area contributed by atoms with E-state index in [1.54, 1.807) is 0 Å². The number of morpholine rings is 1. The number of anilines is 1. The molecule has 2 saturated heterocycles. The van der Waals surface area contributed by atoms with Crippen molar-refractivity contribution in [1.82, 2.24) is 5.32 Å². The zero-order chi connectivity index (χ0) is 34.6. The average molecular weight is 652 g/mol. The molecule has 1 N–H and O–H groups in total. The number of carbonyl (C=O) groups excluding carboxylic acids is 2. The number of rotatable bonds is 7. The van der Waals surface area contributed by atoms with Crippen LogP contribution in [0.2, 0.25) is 0 Å². The minimum absolute atomic E-state index is 0.0445. The van der Waals surface area contributed by atoms with Gasteiger partial charge in [-0.05, 0) is 68.9 Å². The second-order valence-electron chi connectivity index (χ2n) is 11.7. The van der Waals surface area contributed by atoms with Crippen LogP contribution in [-0.4, -0.2) is 75.8 Å². The van der Waals surface area contributed by atoms with E-state index >= 15 is 0 Å². The molecule has 2 aromatic rings. The van der Waals surface area contributed by atoms with Gasteiger partial charge in [0.2, 0.25) is 0 Å².